The Morgan fingerprint density at radius 3 is 1.68 bits per heavy atom. The molecule has 136 valence electrons. The van der Waals surface area contributed by atoms with Gasteiger partial charge in [-0.25, -0.2) is 0 Å². The van der Waals surface area contributed by atoms with Gasteiger partial charge < -0.3 is 0 Å². The molecule has 0 aliphatic heterocycles. The third kappa shape index (κ3) is 4.60. The fourth-order valence-corrected chi connectivity index (χ4v) is 3.31. The maximum Gasteiger partial charge on any atom is 0.0895 e. The Kier molecular flexibility index (Phi) is 5.69. The zero-order chi connectivity index (χ0) is 19.0. The lowest BCUT2D eigenvalue weighted by molar-refractivity contribution is 1.07. The first-order chi connectivity index (χ1) is 13.9. The molecule has 0 bridgehead atoms. The summed E-state index contributed by atoms with van der Waals surface area (Å²) in [7, 11) is 0. The molecule has 0 N–H and O–H groups in total. The van der Waals surface area contributed by atoms with Gasteiger partial charge in [0.05, 0.1) is 11.4 Å². The van der Waals surface area contributed by atoms with Crippen LogP contribution in [-0.4, -0.2) is 0 Å². The van der Waals surface area contributed by atoms with E-state index in [1.807, 2.05) is 30.3 Å². The van der Waals surface area contributed by atoms with Crippen LogP contribution in [0.4, 0.5) is 11.4 Å². The summed E-state index contributed by atoms with van der Waals surface area (Å²) in [6.45, 7) is 0. The van der Waals surface area contributed by atoms with E-state index in [9.17, 15) is 0 Å². The van der Waals surface area contributed by atoms with Crippen molar-refractivity contribution in [1.82, 2.24) is 0 Å². The zero-order valence-electron chi connectivity index (χ0n) is 15.7. The molecule has 0 saturated heterocycles. The van der Waals surface area contributed by atoms with Gasteiger partial charge in [-0.3, -0.25) is 0 Å². The van der Waals surface area contributed by atoms with Gasteiger partial charge >= 0.3 is 0 Å². The zero-order valence-corrected chi connectivity index (χ0v) is 15.7. The second-order valence-electron chi connectivity index (χ2n) is 6.78. The monoisotopic (exact) mass is 362 g/mol. The summed E-state index contributed by atoms with van der Waals surface area (Å²) in [6.07, 6.45) is 1.73. The quantitative estimate of drug-likeness (QED) is 0.322. The summed E-state index contributed by atoms with van der Waals surface area (Å²) < 4.78 is 0. The summed E-state index contributed by atoms with van der Waals surface area (Å²) in [5.74, 6) is 0. The minimum absolute atomic E-state index is 0.840. The number of azo groups is 1. The largest absolute Gasteiger partial charge is 0.151 e. The van der Waals surface area contributed by atoms with Crippen LogP contribution in [-0.2, 0) is 12.8 Å². The van der Waals surface area contributed by atoms with Crippen LogP contribution in [0.2, 0.25) is 0 Å². The number of hydrogen-bond donors (Lipinski definition) is 0. The number of nitrogens with zero attached hydrogens (tertiary/aromatic N) is 2. The van der Waals surface area contributed by atoms with Crippen molar-refractivity contribution in [2.45, 2.75) is 12.8 Å². The predicted molar refractivity (Wildman–Crippen MR) is 116 cm³/mol. The van der Waals surface area contributed by atoms with E-state index in [1.165, 1.54) is 22.3 Å². The smallest absolute Gasteiger partial charge is 0.0895 e. The maximum absolute atomic E-state index is 4.60. The van der Waals surface area contributed by atoms with E-state index in [-0.39, 0.29) is 0 Å². The Balaban J connectivity index is 1.72. The van der Waals surface area contributed by atoms with Crippen LogP contribution in [0.1, 0.15) is 22.3 Å². The molecule has 0 fully saturated rings. The van der Waals surface area contributed by atoms with Gasteiger partial charge in [0.1, 0.15) is 0 Å². The van der Waals surface area contributed by atoms with Crippen LogP contribution in [0, 0.1) is 0 Å². The van der Waals surface area contributed by atoms with Crippen molar-refractivity contribution in [3.8, 4) is 0 Å². The minimum Gasteiger partial charge on any atom is -0.151 e. The Morgan fingerprint density at radius 1 is 0.464 bits per heavy atom. The molecule has 0 radical (unpaired) electrons. The van der Waals surface area contributed by atoms with Gasteiger partial charge in [0.2, 0.25) is 0 Å². The topological polar surface area (TPSA) is 24.7 Å². The molecular formula is C26H22N2. The lowest BCUT2D eigenvalue weighted by atomic mass is 9.94. The fourth-order valence-electron chi connectivity index (χ4n) is 3.31. The minimum atomic E-state index is 0.840. The molecular weight excluding hydrogens is 340 g/mol. The van der Waals surface area contributed by atoms with Crippen molar-refractivity contribution in [1.29, 1.82) is 0 Å². The number of hydrogen-bond acceptors (Lipinski definition) is 2. The molecule has 4 aromatic rings. The van der Waals surface area contributed by atoms with Crippen LogP contribution in [0.25, 0.3) is 0 Å². The standard InChI is InChI=1S/C26H22N2/c1-4-11-21(12-5-1)19-23-15-10-18-26(28-27-24-16-8-3-9-17-24)25(23)20-22-13-6-2-7-14-22/h1-18H,19-20H2. The molecule has 28 heavy (non-hydrogen) atoms. The van der Waals surface area contributed by atoms with E-state index >= 15 is 0 Å². The summed E-state index contributed by atoms with van der Waals surface area (Å²) in [5.41, 5.74) is 6.90. The fraction of sp³-hybridized carbons (Fsp3) is 0.0769. The van der Waals surface area contributed by atoms with E-state index < -0.39 is 0 Å². The summed E-state index contributed by atoms with van der Waals surface area (Å²) in [6, 6.07) is 37.3. The molecule has 0 spiro atoms. The molecule has 2 nitrogen and oxygen atoms in total. The van der Waals surface area contributed by atoms with E-state index in [0.717, 1.165) is 24.2 Å². The summed E-state index contributed by atoms with van der Waals surface area (Å²) in [4.78, 5) is 0. The first kappa shape index (κ1) is 17.9. The SMILES string of the molecule is c1ccc(Cc2cccc(N=Nc3ccccc3)c2Cc2ccccc2)cc1. The van der Waals surface area contributed by atoms with Gasteiger partial charge in [-0.1, -0.05) is 91.0 Å². The molecule has 0 aromatic heterocycles. The van der Waals surface area contributed by atoms with Gasteiger partial charge in [0.25, 0.3) is 0 Å². The van der Waals surface area contributed by atoms with Crippen molar-refractivity contribution >= 4 is 11.4 Å². The highest BCUT2D eigenvalue weighted by molar-refractivity contribution is 5.53. The lowest BCUT2D eigenvalue weighted by Gasteiger charge is -2.13. The molecule has 0 heterocycles. The van der Waals surface area contributed by atoms with E-state index in [4.69, 9.17) is 0 Å². The summed E-state index contributed by atoms with van der Waals surface area (Å²) >= 11 is 0. The van der Waals surface area contributed by atoms with Crippen molar-refractivity contribution in [2.24, 2.45) is 10.2 Å². The van der Waals surface area contributed by atoms with E-state index in [2.05, 4.69) is 89.1 Å². The highest BCUT2D eigenvalue weighted by Crippen LogP contribution is 2.29. The molecule has 0 aliphatic rings. The molecule has 4 rings (SSSR count). The highest BCUT2D eigenvalue weighted by atomic mass is 15.1. The van der Waals surface area contributed by atoms with Gasteiger partial charge in [-0.15, -0.1) is 0 Å². The molecule has 0 unspecified atom stereocenters. The van der Waals surface area contributed by atoms with Crippen LogP contribution >= 0.6 is 0 Å². The Morgan fingerprint density at radius 2 is 1.04 bits per heavy atom. The lowest BCUT2D eigenvalue weighted by Crippen LogP contribution is -1.98. The second kappa shape index (κ2) is 8.92. The van der Waals surface area contributed by atoms with Gasteiger partial charge in [-0.2, -0.15) is 10.2 Å². The van der Waals surface area contributed by atoms with E-state index in [0.29, 0.717) is 0 Å². The number of benzene rings is 4. The van der Waals surface area contributed by atoms with Crippen molar-refractivity contribution in [3.05, 3.63) is 131 Å². The summed E-state index contributed by atoms with van der Waals surface area (Å²) in [5, 5.41) is 9.05. The van der Waals surface area contributed by atoms with Crippen molar-refractivity contribution in [2.75, 3.05) is 0 Å². The first-order valence-electron chi connectivity index (χ1n) is 9.54. The molecule has 0 atom stereocenters. The van der Waals surface area contributed by atoms with Crippen LogP contribution < -0.4 is 0 Å². The molecule has 4 aromatic carbocycles. The van der Waals surface area contributed by atoms with Gasteiger partial charge in [0.15, 0.2) is 0 Å². The van der Waals surface area contributed by atoms with E-state index in [1.54, 1.807) is 0 Å². The molecule has 0 saturated carbocycles. The van der Waals surface area contributed by atoms with Crippen LogP contribution in [0.15, 0.2) is 119 Å². The third-order valence-electron chi connectivity index (χ3n) is 4.74. The van der Waals surface area contributed by atoms with Gasteiger partial charge in [0, 0.05) is 0 Å². The van der Waals surface area contributed by atoms with Gasteiger partial charge in [-0.05, 0) is 53.3 Å². The molecule has 0 amide bonds. The van der Waals surface area contributed by atoms with Crippen LogP contribution in [0.5, 0.6) is 0 Å². The Labute approximate surface area is 166 Å². The average Bonchev–Trinajstić information content (AvgIpc) is 2.76. The Hall–Kier alpha value is -3.52. The molecule has 0 aliphatic carbocycles. The normalized spacial score (nSPS) is 11.0. The third-order valence-corrected chi connectivity index (χ3v) is 4.74. The van der Waals surface area contributed by atoms with Crippen molar-refractivity contribution < 1.29 is 0 Å². The maximum atomic E-state index is 4.60. The molecule has 2 heteroatoms. The second-order valence-corrected chi connectivity index (χ2v) is 6.78. The number of rotatable bonds is 6. The van der Waals surface area contributed by atoms with Crippen LogP contribution in [0.3, 0.4) is 0 Å². The highest BCUT2D eigenvalue weighted by Gasteiger charge is 2.10. The average molecular weight is 362 g/mol. The first-order valence-corrected chi connectivity index (χ1v) is 9.54. The predicted octanol–water partition coefficient (Wildman–Crippen LogP) is 7.28. The van der Waals surface area contributed by atoms with Crippen molar-refractivity contribution in [3.63, 3.8) is 0 Å². The Bertz CT molecular complexity index is 1040.